The minimum atomic E-state index is -0.444. The van der Waals surface area contributed by atoms with E-state index in [9.17, 15) is 4.79 Å². The predicted octanol–water partition coefficient (Wildman–Crippen LogP) is 2.76. The van der Waals surface area contributed by atoms with Crippen LogP contribution >= 0.6 is 0 Å². The zero-order valence-corrected chi connectivity index (χ0v) is 14.1. The first-order chi connectivity index (χ1) is 10.2. The molecule has 1 unspecified atom stereocenters. The number of rotatable bonds is 3. The third-order valence-electron chi connectivity index (χ3n) is 3.47. The average molecular weight is 306 g/mol. The number of likely N-dealkylation sites (tertiary alicyclic amines) is 1. The lowest BCUT2D eigenvalue weighted by Crippen LogP contribution is -2.35. The van der Waals surface area contributed by atoms with Gasteiger partial charge in [0, 0.05) is 31.0 Å². The molecule has 0 radical (unpaired) electrons. The van der Waals surface area contributed by atoms with E-state index in [4.69, 9.17) is 4.74 Å². The topological polar surface area (TPSA) is 67.4 Å². The van der Waals surface area contributed by atoms with E-state index in [1.165, 1.54) is 0 Å². The number of aryl methyl sites for hydroxylation is 2. The molecule has 2 heterocycles. The van der Waals surface area contributed by atoms with Gasteiger partial charge in [0.15, 0.2) is 0 Å². The van der Waals surface area contributed by atoms with Gasteiger partial charge in [-0.05, 0) is 53.0 Å². The van der Waals surface area contributed by atoms with Crippen molar-refractivity contribution in [1.82, 2.24) is 14.9 Å². The van der Waals surface area contributed by atoms with E-state index in [1.807, 2.05) is 40.7 Å². The molecule has 1 saturated heterocycles. The van der Waals surface area contributed by atoms with Gasteiger partial charge >= 0.3 is 6.09 Å². The molecule has 0 spiro atoms. The second kappa shape index (κ2) is 6.50. The van der Waals surface area contributed by atoms with Crippen LogP contribution in [0.4, 0.5) is 10.7 Å². The molecule has 1 aliphatic rings. The highest BCUT2D eigenvalue weighted by molar-refractivity contribution is 5.68. The molecular weight excluding hydrogens is 280 g/mol. The summed E-state index contributed by atoms with van der Waals surface area (Å²) in [5, 5.41) is 3.27. The van der Waals surface area contributed by atoms with Crippen LogP contribution < -0.4 is 5.32 Å². The van der Waals surface area contributed by atoms with Gasteiger partial charge in [-0.2, -0.15) is 0 Å². The minimum absolute atomic E-state index is 0.224. The fraction of sp³-hybridized carbons (Fsp3) is 0.688. The average Bonchev–Trinajstić information content (AvgIpc) is 2.82. The van der Waals surface area contributed by atoms with Crippen LogP contribution in [0.25, 0.3) is 0 Å². The maximum atomic E-state index is 12.0. The smallest absolute Gasteiger partial charge is 0.410 e. The van der Waals surface area contributed by atoms with Gasteiger partial charge in [0.25, 0.3) is 0 Å². The molecule has 1 atom stereocenters. The Morgan fingerprint density at radius 2 is 2.00 bits per heavy atom. The van der Waals surface area contributed by atoms with Crippen molar-refractivity contribution in [2.75, 3.05) is 25.0 Å². The molecule has 0 saturated carbocycles. The van der Waals surface area contributed by atoms with E-state index in [-0.39, 0.29) is 6.09 Å². The Hall–Kier alpha value is -1.85. The molecule has 1 aliphatic heterocycles. The number of ether oxygens (including phenoxy) is 1. The third kappa shape index (κ3) is 4.86. The van der Waals surface area contributed by atoms with Crippen molar-refractivity contribution in [3.63, 3.8) is 0 Å². The van der Waals surface area contributed by atoms with Crippen molar-refractivity contribution in [2.24, 2.45) is 5.92 Å². The van der Waals surface area contributed by atoms with Crippen molar-refractivity contribution < 1.29 is 9.53 Å². The van der Waals surface area contributed by atoms with Gasteiger partial charge in [0.1, 0.15) is 5.60 Å². The Morgan fingerprint density at radius 3 is 2.59 bits per heavy atom. The van der Waals surface area contributed by atoms with Crippen LogP contribution in [-0.2, 0) is 4.74 Å². The maximum Gasteiger partial charge on any atom is 0.410 e. The maximum absolute atomic E-state index is 12.0. The second-order valence-corrected chi connectivity index (χ2v) is 6.94. The zero-order chi connectivity index (χ0) is 16.3. The molecule has 122 valence electrons. The standard InChI is InChI=1S/C16H26N4O2/c1-11-8-12(2)19-14(18-11)17-9-13-6-7-20(10-13)15(21)22-16(3,4)5/h8,13H,6-7,9-10H2,1-5H3,(H,17,18,19). The summed E-state index contributed by atoms with van der Waals surface area (Å²) < 4.78 is 5.41. The van der Waals surface area contributed by atoms with E-state index >= 15 is 0 Å². The predicted molar refractivity (Wildman–Crippen MR) is 85.9 cm³/mol. The highest BCUT2D eigenvalue weighted by Crippen LogP contribution is 2.19. The van der Waals surface area contributed by atoms with Gasteiger partial charge in [-0.15, -0.1) is 0 Å². The number of hydrogen-bond acceptors (Lipinski definition) is 5. The summed E-state index contributed by atoms with van der Waals surface area (Å²) in [7, 11) is 0. The molecule has 1 amide bonds. The van der Waals surface area contributed by atoms with Crippen molar-refractivity contribution in [3.05, 3.63) is 17.5 Å². The fourth-order valence-corrected chi connectivity index (χ4v) is 2.53. The van der Waals surface area contributed by atoms with Crippen LogP contribution in [0, 0.1) is 19.8 Å². The summed E-state index contributed by atoms with van der Waals surface area (Å²) in [5.74, 6) is 1.06. The molecule has 22 heavy (non-hydrogen) atoms. The first-order valence-corrected chi connectivity index (χ1v) is 7.77. The SMILES string of the molecule is Cc1cc(C)nc(NCC2CCN(C(=O)OC(C)(C)C)C2)n1. The van der Waals surface area contributed by atoms with E-state index in [0.717, 1.165) is 30.9 Å². The van der Waals surface area contributed by atoms with Gasteiger partial charge in [-0.25, -0.2) is 14.8 Å². The summed E-state index contributed by atoms with van der Waals surface area (Å²) in [6.45, 7) is 11.8. The summed E-state index contributed by atoms with van der Waals surface area (Å²) in [6.07, 6.45) is 0.745. The van der Waals surface area contributed by atoms with Gasteiger partial charge < -0.3 is 15.0 Å². The Balaban J connectivity index is 1.82. The number of amides is 1. The number of anilines is 1. The zero-order valence-electron chi connectivity index (χ0n) is 14.1. The van der Waals surface area contributed by atoms with Gasteiger partial charge in [0.05, 0.1) is 0 Å². The summed E-state index contributed by atoms with van der Waals surface area (Å²) >= 11 is 0. The second-order valence-electron chi connectivity index (χ2n) is 6.94. The summed E-state index contributed by atoms with van der Waals surface area (Å²) in [6, 6.07) is 1.95. The lowest BCUT2D eigenvalue weighted by molar-refractivity contribution is 0.0289. The van der Waals surface area contributed by atoms with Crippen molar-refractivity contribution >= 4 is 12.0 Å². The Morgan fingerprint density at radius 1 is 1.36 bits per heavy atom. The number of nitrogens with one attached hydrogen (secondary N) is 1. The Labute approximate surface area is 132 Å². The molecular formula is C16H26N4O2. The van der Waals surface area contributed by atoms with E-state index in [2.05, 4.69) is 15.3 Å². The van der Waals surface area contributed by atoms with E-state index in [1.54, 1.807) is 4.90 Å². The monoisotopic (exact) mass is 306 g/mol. The number of hydrogen-bond donors (Lipinski definition) is 1. The first-order valence-electron chi connectivity index (χ1n) is 7.77. The van der Waals surface area contributed by atoms with Crippen molar-refractivity contribution in [3.8, 4) is 0 Å². The van der Waals surface area contributed by atoms with Crippen molar-refractivity contribution in [2.45, 2.75) is 46.6 Å². The van der Waals surface area contributed by atoms with Crippen molar-refractivity contribution in [1.29, 1.82) is 0 Å². The Kier molecular flexibility index (Phi) is 4.88. The van der Waals surface area contributed by atoms with Crippen LogP contribution in [0.15, 0.2) is 6.07 Å². The third-order valence-corrected chi connectivity index (χ3v) is 3.47. The molecule has 6 nitrogen and oxygen atoms in total. The largest absolute Gasteiger partial charge is 0.444 e. The lowest BCUT2D eigenvalue weighted by Gasteiger charge is -2.24. The fourth-order valence-electron chi connectivity index (χ4n) is 2.53. The van der Waals surface area contributed by atoms with Crippen LogP contribution in [0.3, 0.4) is 0 Å². The summed E-state index contributed by atoms with van der Waals surface area (Å²) in [5.41, 5.74) is 1.47. The van der Waals surface area contributed by atoms with Crippen LogP contribution in [0.2, 0.25) is 0 Å². The number of nitrogens with zero attached hydrogens (tertiary/aromatic N) is 3. The number of carbonyl (C=O) groups excluding carboxylic acids is 1. The minimum Gasteiger partial charge on any atom is -0.444 e. The van der Waals surface area contributed by atoms with E-state index < -0.39 is 5.60 Å². The molecule has 6 heteroatoms. The van der Waals surface area contributed by atoms with Gasteiger partial charge in [0.2, 0.25) is 5.95 Å². The van der Waals surface area contributed by atoms with E-state index in [0.29, 0.717) is 18.4 Å². The molecule has 0 aromatic carbocycles. The molecule has 0 bridgehead atoms. The number of aromatic nitrogens is 2. The van der Waals surface area contributed by atoms with Crippen LogP contribution in [0.5, 0.6) is 0 Å². The van der Waals surface area contributed by atoms with Gasteiger partial charge in [-0.1, -0.05) is 0 Å². The van der Waals surface area contributed by atoms with Gasteiger partial charge in [-0.3, -0.25) is 0 Å². The Bertz CT molecular complexity index is 519. The lowest BCUT2D eigenvalue weighted by atomic mass is 10.1. The van der Waals surface area contributed by atoms with Crippen LogP contribution in [0.1, 0.15) is 38.6 Å². The normalized spacial score (nSPS) is 18.4. The molecule has 1 fully saturated rings. The highest BCUT2D eigenvalue weighted by atomic mass is 16.6. The first kappa shape index (κ1) is 16.5. The molecule has 1 aromatic rings. The molecule has 0 aliphatic carbocycles. The molecule has 1 N–H and O–H groups in total. The van der Waals surface area contributed by atoms with Crippen LogP contribution in [-0.4, -0.2) is 46.2 Å². The highest BCUT2D eigenvalue weighted by Gasteiger charge is 2.29. The molecule has 2 rings (SSSR count). The molecule has 1 aromatic heterocycles. The summed E-state index contributed by atoms with van der Waals surface area (Å²) in [4.78, 5) is 22.5. The number of carbonyl (C=O) groups is 1. The quantitative estimate of drug-likeness (QED) is 0.930.